The predicted molar refractivity (Wildman–Crippen MR) is 66.9 cm³/mol. The quantitative estimate of drug-likeness (QED) is 0.898. The lowest BCUT2D eigenvalue weighted by atomic mass is 10.3. The van der Waals surface area contributed by atoms with Crippen LogP contribution in [0.1, 0.15) is 11.6 Å². The molecule has 0 atom stereocenters. The third kappa shape index (κ3) is 2.84. The minimum atomic E-state index is -4.46. The normalized spacial score (nSPS) is 16.1. The number of hydrogen-bond acceptors (Lipinski definition) is 5. The highest BCUT2D eigenvalue weighted by Crippen LogP contribution is 2.29. The Morgan fingerprint density at radius 2 is 2.00 bits per heavy atom. The molecule has 21 heavy (non-hydrogen) atoms. The van der Waals surface area contributed by atoms with Crippen molar-refractivity contribution in [2.75, 3.05) is 18.8 Å². The van der Waals surface area contributed by atoms with Gasteiger partial charge in [0.05, 0.1) is 13.1 Å². The maximum atomic E-state index is 12.7. The molecule has 114 valence electrons. The molecular formula is C11H14F3N7. The van der Waals surface area contributed by atoms with Crippen molar-refractivity contribution in [3.63, 3.8) is 0 Å². The first-order chi connectivity index (χ1) is 9.93. The van der Waals surface area contributed by atoms with Crippen LogP contribution in [0.5, 0.6) is 0 Å². The molecule has 10 heteroatoms. The van der Waals surface area contributed by atoms with Gasteiger partial charge < -0.3 is 10.3 Å². The topological polar surface area (TPSA) is 77.8 Å². The third-order valence-corrected chi connectivity index (χ3v) is 3.39. The van der Waals surface area contributed by atoms with Crippen LogP contribution in [-0.4, -0.2) is 42.5 Å². The number of alkyl halides is 3. The summed E-state index contributed by atoms with van der Waals surface area (Å²) in [7, 11) is 0. The molecule has 1 aliphatic rings. The van der Waals surface area contributed by atoms with Crippen LogP contribution in [0.25, 0.3) is 0 Å². The number of hydrogen-bond donors (Lipinski definition) is 1. The first-order valence-corrected chi connectivity index (χ1v) is 6.44. The van der Waals surface area contributed by atoms with Gasteiger partial charge >= 0.3 is 6.18 Å². The van der Waals surface area contributed by atoms with E-state index in [0.717, 1.165) is 4.57 Å². The fraction of sp³-hybridized carbons (Fsp3) is 0.545. The third-order valence-electron chi connectivity index (χ3n) is 3.39. The van der Waals surface area contributed by atoms with Crippen LogP contribution in [0.2, 0.25) is 0 Å². The summed E-state index contributed by atoms with van der Waals surface area (Å²) in [5, 5.41) is 11.0. The molecule has 2 aromatic heterocycles. The molecule has 3 heterocycles. The summed E-state index contributed by atoms with van der Waals surface area (Å²) in [6.45, 7) is 2.38. The lowest BCUT2D eigenvalue weighted by Gasteiger charge is -2.27. The second-order valence-electron chi connectivity index (χ2n) is 4.87. The van der Waals surface area contributed by atoms with Crippen LogP contribution in [0.15, 0.2) is 12.3 Å². The molecule has 0 radical (unpaired) electrons. The number of rotatable bonds is 3. The van der Waals surface area contributed by atoms with Crippen LogP contribution >= 0.6 is 0 Å². The minimum Gasteiger partial charge on any atom is -0.382 e. The number of aromatic nitrogens is 5. The van der Waals surface area contributed by atoms with Gasteiger partial charge in [0, 0.05) is 25.8 Å². The molecule has 7 nitrogen and oxygen atoms in total. The fourth-order valence-corrected chi connectivity index (χ4v) is 2.35. The number of nitrogens with two attached hydrogens (primary N) is 1. The second-order valence-corrected chi connectivity index (χ2v) is 4.87. The van der Waals surface area contributed by atoms with E-state index in [-0.39, 0.29) is 6.54 Å². The van der Waals surface area contributed by atoms with E-state index in [1.165, 1.54) is 0 Å². The van der Waals surface area contributed by atoms with E-state index in [9.17, 15) is 13.2 Å². The largest absolute Gasteiger partial charge is 0.451 e. The molecular weight excluding hydrogens is 287 g/mol. The highest BCUT2D eigenvalue weighted by atomic mass is 19.4. The summed E-state index contributed by atoms with van der Waals surface area (Å²) in [6.07, 6.45) is -2.69. The van der Waals surface area contributed by atoms with E-state index in [4.69, 9.17) is 5.73 Å². The number of anilines is 1. The minimum absolute atomic E-state index is 0.235. The van der Waals surface area contributed by atoms with Gasteiger partial charge in [-0.05, 0) is 6.07 Å². The zero-order valence-electron chi connectivity index (χ0n) is 11.1. The van der Waals surface area contributed by atoms with Crippen LogP contribution in [-0.2, 0) is 25.8 Å². The van der Waals surface area contributed by atoms with Crippen molar-refractivity contribution in [1.82, 2.24) is 29.4 Å². The Morgan fingerprint density at radius 3 is 2.67 bits per heavy atom. The summed E-state index contributed by atoms with van der Waals surface area (Å²) >= 11 is 0. The van der Waals surface area contributed by atoms with Crippen LogP contribution in [0.3, 0.4) is 0 Å². The summed E-state index contributed by atoms with van der Waals surface area (Å²) in [6, 6.07) is 1.70. The highest BCUT2D eigenvalue weighted by Gasteiger charge is 2.39. The van der Waals surface area contributed by atoms with Crippen molar-refractivity contribution in [1.29, 1.82) is 0 Å². The van der Waals surface area contributed by atoms with E-state index in [0.29, 0.717) is 37.8 Å². The number of fused-ring (bicyclic) bond motifs is 1. The van der Waals surface area contributed by atoms with Gasteiger partial charge in [-0.1, -0.05) is 0 Å². The molecule has 0 saturated heterocycles. The van der Waals surface area contributed by atoms with Crippen LogP contribution in [0.4, 0.5) is 19.0 Å². The molecule has 0 aromatic carbocycles. The molecule has 0 amide bonds. The smallest absolute Gasteiger partial charge is 0.382 e. The van der Waals surface area contributed by atoms with E-state index in [1.807, 2.05) is 4.90 Å². The summed E-state index contributed by atoms with van der Waals surface area (Å²) in [5.74, 6) is -0.131. The lowest BCUT2D eigenvalue weighted by molar-refractivity contribution is -0.148. The van der Waals surface area contributed by atoms with Gasteiger partial charge in [-0.3, -0.25) is 9.58 Å². The second kappa shape index (κ2) is 5.02. The predicted octanol–water partition coefficient (Wildman–Crippen LogP) is 0.591. The molecule has 0 unspecified atom stereocenters. The fourth-order valence-electron chi connectivity index (χ4n) is 2.35. The van der Waals surface area contributed by atoms with Crippen LogP contribution < -0.4 is 5.73 Å². The van der Waals surface area contributed by atoms with Crippen molar-refractivity contribution < 1.29 is 13.2 Å². The van der Waals surface area contributed by atoms with Gasteiger partial charge in [0.25, 0.3) is 0 Å². The standard InChI is InChI=1S/C11H14F3N7/c12-11(13,14)10-17-16-9-7-19(4-6-21(9)10)3-5-20-2-1-8(15)18-20/h1-2H,3-7H2,(H2,15,18). The summed E-state index contributed by atoms with van der Waals surface area (Å²) in [5.41, 5.74) is 5.52. The molecule has 0 bridgehead atoms. The zero-order chi connectivity index (χ0) is 15.0. The van der Waals surface area contributed by atoms with Crippen molar-refractivity contribution in [3.05, 3.63) is 23.9 Å². The molecule has 2 N–H and O–H groups in total. The Balaban J connectivity index is 1.64. The monoisotopic (exact) mass is 301 g/mol. The number of nitrogen functional groups attached to an aromatic ring is 1. The average Bonchev–Trinajstić information content (AvgIpc) is 3.01. The molecule has 3 rings (SSSR count). The van der Waals surface area contributed by atoms with Crippen molar-refractivity contribution in [3.8, 4) is 0 Å². The Morgan fingerprint density at radius 1 is 1.19 bits per heavy atom. The SMILES string of the molecule is Nc1ccn(CCN2CCn3c(nnc3C(F)(F)F)C2)n1. The Bertz CT molecular complexity index is 630. The first-order valence-electron chi connectivity index (χ1n) is 6.44. The van der Waals surface area contributed by atoms with Gasteiger partial charge in [0.1, 0.15) is 11.6 Å². The maximum Gasteiger partial charge on any atom is 0.451 e. The average molecular weight is 301 g/mol. The molecule has 2 aromatic rings. The van der Waals surface area contributed by atoms with E-state index < -0.39 is 12.0 Å². The van der Waals surface area contributed by atoms with Crippen molar-refractivity contribution in [2.24, 2.45) is 0 Å². The Hall–Kier alpha value is -2.10. The molecule has 1 aliphatic heterocycles. The first kappa shape index (κ1) is 13.9. The summed E-state index contributed by atoms with van der Waals surface area (Å²) in [4.78, 5) is 2.02. The van der Waals surface area contributed by atoms with Gasteiger partial charge in [-0.2, -0.15) is 18.3 Å². The van der Waals surface area contributed by atoms with E-state index >= 15 is 0 Å². The highest BCUT2D eigenvalue weighted by molar-refractivity contribution is 5.23. The lowest BCUT2D eigenvalue weighted by Crippen LogP contribution is -2.37. The number of nitrogens with zero attached hydrogens (tertiary/aromatic N) is 6. The van der Waals surface area contributed by atoms with Gasteiger partial charge in [0.2, 0.25) is 5.82 Å². The Kier molecular flexibility index (Phi) is 3.32. The van der Waals surface area contributed by atoms with Crippen molar-refractivity contribution >= 4 is 5.82 Å². The zero-order valence-corrected chi connectivity index (χ0v) is 11.1. The molecule has 0 saturated carbocycles. The van der Waals surface area contributed by atoms with Gasteiger partial charge in [0.15, 0.2) is 0 Å². The van der Waals surface area contributed by atoms with E-state index in [1.54, 1.807) is 16.9 Å². The van der Waals surface area contributed by atoms with Gasteiger partial charge in [-0.25, -0.2) is 0 Å². The summed E-state index contributed by atoms with van der Waals surface area (Å²) < 4.78 is 41.0. The maximum absolute atomic E-state index is 12.7. The van der Waals surface area contributed by atoms with Gasteiger partial charge in [-0.15, -0.1) is 10.2 Å². The van der Waals surface area contributed by atoms with Crippen LogP contribution in [0, 0.1) is 0 Å². The van der Waals surface area contributed by atoms with Crippen molar-refractivity contribution in [2.45, 2.75) is 25.8 Å². The number of halogens is 3. The molecule has 0 fully saturated rings. The van der Waals surface area contributed by atoms with E-state index in [2.05, 4.69) is 15.3 Å². The molecule has 0 aliphatic carbocycles. The molecule has 0 spiro atoms. The Labute approximate surface area is 118 Å².